The van der Waals surface area contributed by atoms with Gasteiger partial charge in [0.1, 0.15) is 17.3 Å². The van der Waals surface area contributed by atoms with Crippen molar-refractivity contribution in [1.82, 2.24) is 19.6 Å². The molecule has 2 aromatic carbocycles. The van der Waals surface area contributed by atoms with Crippen LogP contribution in [-0.4, -0.2) is 25.5 Å². The van der Waals surface area contributed by atoms with E-state index in [4.69, 9.17) is 9.51 Å². The number of carbonyl (C=O) groups excluding carboxylic acids is 1. The standard InChI is InChI=1S/C28H32N4O2/c1-20-23(27(30-34-20)21-12-8-5-9-13-21)18-32(28(33)22-14-6-3-4-7-15-22)19-26-29-24-16-10-11-17-25(24)31(26)2/h5,8-13,16-17,22H,3-4,6-7,14-15,18-19H2,1-2H3. The zero-order valence-electron chi connectivity index (χ0n) is 20.0. The molecule has 0 unspecified atom stereocenters. The fourth-order valence-corrected chi connectivity index (χ4v) is 5.09. The van der Waals surface area contributed by atoms with E-state index in [9.17, 15) is 4.79 Å². The van der Waals surface area contributed by atoms with Crippen LogP contribution in [0.2, 0.25) is 0 Å². The largest absolute Gasteiger partial charge is 0.361 e. The van der Waals surface area contributed by atoms with Crippen LogP contribution in [0.3, 0.4) is 0 Å². The summed E-state index contributed by atoms with van der Waals surface area (Å²) in [6, 6.07) is 18.2. The average Bonchev–Trinajstić information content (AvgIpc) is 3.23. The lowest BCUT2D eigenvalue weighted by Crippen LogP contribution is -2.36. The first kappa shape index (κ1) is 22.4. The van der Waals surface area contributed by atoms with Gasteiger partial charge in [-0.1, -0.05) is 73.3 Å². The molecule has 176 valence electrons. The maximum atomic E-state index is 13.9. The van der Waals surface area contributed by atoms with Crippen molar-refractivity contribution in [3.63, 3.8) is 0 Å². The van der Waals surface area contributed by atoms with Crippen molar-refractivity contribution < 1.29 is 9.32 Å². The number of fused-ring (bicyclic) bond motifs is 1. The van der Waals surface area contributed by atoms with Crippen LogP contribution in [-0.2, 0) is 24.9 Å². The summed E-state index contributed by atoms with van der Waals surface area (Å²) < 4.78 is 7.71. The SMILES string of the molecule is Cc1onc(-c2ccccc2)c1CN(Cc1nc2ccccc2n1C)C(=O)C1CCCCCC1. The number of aryl methyl sites for hydroxylation is 2. The van der Waals surface area contributed by atoms with E-state index < -0.39 is 0 Å². The molecule has 5 rings (SSSR count). The summed E-state index contributed by atoms with van der Waals surface area (Å²) in [7, 11) is 2.03. The van der Waals surface area contributed by atoms with E-state index >= 15 is 0 Å². The number of hydrogen-bond acceptors (Lipinski definition) is 4. The summed E-state index contributed by atoms with van der Waals surface area (Å²) in [6.45, 7) is 2.84. The molecule has 0 saturated heterocycles. The Balaban J connectivity index is 1.50. The average molecular weight is 457 g/mol. The molecule has 6 nitrogen and oxygen atoms in total. The molecule has 1 amide bonds. The minimum absolute atomic E-state index is 0.0672. The second-order valence-electron chi connectivity index (χ2n) is 9.39. The lowest BCUT2D eigenvalue weighted by atomic mass is 9.98. The first-order chi connectivity index (χ1) is 16.6. The Hall–Kier alpha value is -3.41. The molecule has 2 aromatic heterocycles. The Morgan fingerprint density at radius 3 is 2.44 bits per heavy atom. The molecule has 1 fully saturated rings. The van der Waals surface area contributed by atoms with Crippen molar-refractivity contribution in [2.24, 2.45) is 13.0 Å². The Labute approximate surface area is 200 Å². The zero-order valence-corrected chi connectivity index (χ0v) is 20.0. The van der Waals surface area contributed by atoms with Crippen molar-refractivity contribution in [2.75, 3.05) is 0 Å². The summed E-state index contributed by atoms with van der Waals surface area (Å²) in [4.78, 5) is 20.7. The second kappa shape index (κ2) is 9.84. The number of aromatic nitrogens is 3. The maximum Gasteiger partial charge on any atom is 0.226 e. The van der Waals surface area contributed by atoms with Crippen molar-refractivity contribution in [2.45, 2.75) is 58.5 Å². The molecule has 0 radical (unpaired) electrons. The van der Waals surface area contributed by atoms with E-state index in [-0.39, 0.29) is 11.8 Å². The molecule has 0 bridgehead atoms. The number of carbonyl (C=O) groups is 1. The van der Waals surface area contributed by atoms with E-state index in [1.807, 2.05) is 67.4 Å². The number of hydrogen-bond donors (Lipinski definition) is 0. The number of rotatable bonds is 6. The maximum absolute atomic E-state index is 13.9. The molecule has 0 atom stereocenters. The number of imidazole rings is 1. The van der Waals surface area contributed by atoms with Gasteiger partial charge >= 0.3 is 0 Å². The molecule has 1 aliphatic rings. The highest BCUT2D eigenvalue weighted by molar-refractivity contribution is 5.80. The highest BCUT2D eigenvalue weighted by Gasteiger charge is 2.29. The van der Waals surface area contributed by atoms with Gasteiger partial charge in [0.05, 0.1) is 24.1 Å². The molecular formula is C28H32N4O2. The fourth-order valence-electron chi connectivity index (χ4n) is 5.09. The van der Waals surface area contributed by atoms with Gasteiger partial charge in [-0.25, -0.2) is 4.98 Å². The Kier molecular flexibility index (Phi) is 6.48. The van der Waals surface area contributed by atoms with Crippen LogP contribution in [0, 0.1) is 12.8 Å². The molecule has 1 aliphatic carbocycles. The van der Waals surface area contributed by atoms with Gasteiger partial charge in [-0.3, -0.25) is 4.79 Å². The van der Waals surface area contributed by atoms with E-state index in [1.54, 1.807) is 0 Å². The van der Waals surface area contributed by atoms with Crippen molar-refractivity contribution >= 4 is 16.9 Å². The van der Waals surface area contributed by atoms with Gasteiger partial charge in [0, 0.05) is 24.1 Å². The van der Waals surface area contributed by atoms with Crippen LogP contribution in [0.1, 0.15) is 55.7 Å². The van der Waals surface area contributed by atoms with Crippen molar-refractivity contribution in [3.8, 4) is 11.3 Å². The molecular weight excluding hydrogens is 424 g/mol. The first-order valence-electron chi connectivity index (χ1n) is 12.3. The van der Waals surface area contributed by atoms with Crippen LogP contribution < -0.4 is 0 Å². The molecule has 4 aromatic rings. The quantitative estimate of drug-likeness (QED) is 0.332. The van der Waals surface area contributed by atoms with Crippen molar-refractivity contribution in [3.05, 3.63) is 71.7 Å². The van der Waals surface area contributed by atoms with E-state index in [0.29, 0.717) is 13.1 Å². The molecule has 0 aliphatic heterocycles. The minimum atomic E-state index is 0.0672. The summed E-state index contributed by atoms with van der Waals surface area (Å²) in [6.07, 6.45) is 6.61. The van der Waals surface area contributed by atoms with E-state index in [2.05, 4.69) is 15.8 Å². The van der Waals surface area contributed by atoms with Gasteiger partial charge in [0.2, 0.25) is 5.91 Å². The van der Waals surface area contributed by atoms with Crippen LogP contribution >= 0.6 is 0 Å². The fraction of sp³-hybridized carbons (Fsp3) is 0.393. The summed E-state index contributed by atoms with van der Waals surface area (Å²) in [5.41, 5.74) is 4.80. The Morgan fingerprint density at radius 1 is 1.00 bits per heavy atom. The third kappa shape index (κ3) is 4.49. The van der Waals surface area contributed by atoms with Gasteiger partial charge in [-0.05, 0) is 31.9 Å². The third-order valence-corrected chi connectivity index (χ3v) is 7.11. The van der Waals surface area contributed by atoms with E-state index in [0.717, 1.165) is 65.1 Å². The summed E-state index contributed by atoms with van der Waals surface area (Å²) in [5, 5.41) is 4.35. The third-order valence-electron chi connectivity index (χ3n) is 7.11. The smallest absolute Gasteiger partial charge is 0.226 e. The van der Waals surface area contributed by atoms with Gasteiger partial charge in [-0.15, -0.1) is 0 Å². The number of benzene rings is 2. The number of nitrogens with zero attached hydrogens (tertiary/aromatic N) is 4. The lowest BCUT2D eigenvalue weighted by molar-refractivity contribution is -0.137. The Morgan fingerprint density at radius 2 is 1.71 bits per heavy atom. The van der Waals surface area contributed by atoms with Crippen molar-refractivity contribution in [1.29, 1.82) is 0 Å². The van der Waals surface area contributed by atoms with Crippen LogP contribution in [0.25, 0.3) is 22.3 Å². The predicted octanol–water partition coefficient (Wildman–Crippen LogP) is 6.04. The monoisotopic (exact) mass is 456 g/mol. The molecule has 6 heteroatoms. The second-order valence-corrected chi connectivity index (χ2v) is 9.39. The summed E-state index contributed by atoms with van der Waals surface area (Å²) in [5.74, 6) is 1.92. The minimum Gasteiger partial charge on any atom is -0.361 e. The Bertz CT molecular complexity index is 1270. The molecule has 2 heterocycles. The number of amides is 1. The zero-order chi connectivity index (χ0) is 23.5. The highest BCUT2D eigenvalue weighted by atomic mass is 16.5. The molecule has 0 N–H and O–H groups in total. The first-order valence-corrected chi connectivity index (χ1v) is 12.3. The van der Waals surface area contributed by atoms with Crippen LogP contribution in [0.15, 0.2) is 59.1 Å². The predicted molar refractivity (Wildman–Crippen MR) is 133 cm³/mol. The molecule has 34 heavy (non-hydrogen) atoms. The molecule has 0 spiro atoms. The number of para-hydroxylation sites is 2. The highest BCUT2D eigenvalue weighted by Crippen LogP contribution is 2.30. The van der Waals surface area contributed by atoms with Gasteiger partial charge in [0.15, 0.2) is 0 Å². The topological polar surface area (TPSA) is 64.2 Å². The summed E-state index contributed by atoms with van der Waals surface area (Å²) >= 11 is 0. The lowest BCUT2D eigenvalue weighted by Gasteiger charge is -2.27. The van der Waals surface area contributed by atoms with Gasteiger partial charge in [0.25, 0.3) is 0 Å². The van der Waals surface area contributed by atoms with Gasteiger partial charge < -0.3 is 14.0 Å². The normalized spacial score (nSPS) is 14.9. The van der Waals surface area contributed by atoms with Gasteiger partial charge in [-0.2, -0.15) is 0 Å². The van der Waals surface area contributed by atoms with E-state index in [1.165, 1.54) is 12.8 Å². The van der Waals surface area contributed by atoms with Crippen LogP contribution in [0.4, 0.5) is 0 Å². The van der Waals surface area contributed by atoms with Crippen LogP contribution in [0.5, 0.6) is 0 Å². The molecule has 1 saturated carbocycles.